The highest BCUT2D eigenvalue weighted by atomic mass is 32.1. The van der Waals surface area contributed by atoms with Crippen molar-refractivity contribution in [2.75, 3.05) is 6.54 Å². The molecule has 5 heteroatoms. The Hall–Kier alpha value is -0.550. The number of rotatable bonds is 2. The molecule has 0 radical (unpaired) electrons. The minimum absolute atomic E-state index is 0.116. The molecule has 1 saturated heterocycles. The molecule has 1 aliphatic carbocycles. The molecule has 1 amide bonds. The van der Waals surface area contributed by atoms with Crippen molar-refractivity contribution >= 4 is 29.9 Å². The highest BCUT2D eigenvalue weighted by Gasteiger charge is 2.33. The zero-order valence-electron chi connectivity index (χ0n) is 10.6. The third kappa shape index (κ3) is 2.18. The quantitative estimate of drug-likeness (QED) is 0.846. The molecule has 2 aliphatic rings. The van der Waals surface area contributed by atoms with E-state index in [0.717, 1.165) is 18.0 Å². The van der Waals surface area contributed by atoms with Crippen LogP contribution >= 0.6 is 24.0 Å². The highest BCUT2D eigenvalue weighted by Crippen LogP contribution is 2.34. The second kappa shape index (κ2) is 4.85. The van der Waals surface area contributed by atoms with Gasteiger partial charge < -0.3 is 4.90 Å². The predicted octanol–water partition coefficient (Wildman–Crippen LogP) is 2.61. The smallest absolute Gasteiger partial charge is 0.224 e. The van der Waals surface area contributed by atoms with Crippen LogP contribution in [0, 0.1) is 0 Å². The first-order chi connectivity index (χ1) is 8.65. The molecule has 3 nitrogen and oxygen atoms in total. The Labute approximate surface area is 117 Å². The standard InChI is InChI=1S/C13H18N2OS2/c1-8(15-7-9(17)6-12(15)16)13-14-10-4-2-3-5-11(10)18-13/h8-9,17H,2-7H2,1H3. The average Bonchev–Trinajstić information content (AvgIpc) is 2.91. The monoisotopic (exact) mass is 282 g/mol. The highest BCUT2D eigenvalue weighted by molar-refractivity contribution is 7.81. The van der Waals surface area contributed by atoms with E-state index >= 15 is 0 Å². The summed E-state index contributed by atoms with van der Waals surface area (Å²) in [5, 5.41) is 1.30. The largest absolute Gasteiger partial charge is 0.332 e. The maximum atomic E-state index is 11.9. The van der Waals surface area contributed by atoms with Crippen LogP contribution in [0.5, 0.6) is 0 Å². The van der Waals surface area contributed by atoms with Gasteiger partial charge in [0, 0.05) is 23.1 Å². The molecular weight excluding hydrogens is 264 g/mol. The van der Waals surface area contributed by atoms with Gasteiger partial charge in [-0.15, -0.1) is 11.3 Å². The fraction of sp³-hybridized carbons (Fsp3) is 0.692. The van der Waals surface area contributed by atoms with Gasteiger partial charge in [0.1, 0.15) is 5.01 Å². The normalized spacial score (nSPS) is 25.3. The van der Waals surface area contributed by atoms with Gasteiger partial charge in [-0.05, 0) is 32.6 Å². The van der Waals surface area contributed by atoms with E-state index in [9.17, 15) is 4.79 Å². The van der Waals surface area contributed by atoms with Gasteiger partial charge in [0.2, 0.25) is 5.91 Å². The summed E-state index contributed by atoms with van der Waals surface area (Å²) in [7, 11) is 0. The lowest BCUT2D eigenvalue weighted by atomic mass is 10.0. The van der Waals surface area contributed by atoms with E-state index in [1.165, 1.54) is 29.8 Å². The van der Waals surface area contributed by atoms with Crippen molar-refractivity contribution in [2.24, 2.45) is 0 Å². The van der Waals surface area contributed by atoms with Gasteiger partial charge in [-0.2, -0.15) is 12.6 Å². The zero-order valence-corrected chi connectivity index (χ0v) is 12.3. The van der Waals surface area contributed by atoms with Gasteiger partial charge in [0.15, 0.2) is 0 Å². The molecule has 2 atom stereocenters. The maximum absolute atomic E-state index is 11.9. The molecular formula is C13H18N2OS2. The second-order valence-corrected chi connectivity index (χ2v) is 7.05. The molecule has 0 bridgehead atoms. The lowest BCUT2D eigenvalue weighted by molar-refractivity contribution is -0.129. The van der Waals surface area contributed by atoms with Crippen LogP contribution in [0.2, 0.25) is 0 Å². The van der Waals surface area contributed by atoms with Crippen molar-refractivity contribution in [3.63, 3.8) is 0 Å². The number of thiol groups is 1. The van der Waals surface area contributed by atoms with Gasteiger partial charge in [-0.3, -0.25) is 4.79 Å². The number of thiazole rings is 1. The van der Waals surface area contributed by atoms with Crippen LogP contribution in [0.1, 0.15) is 47.8 Å². The predicted molar refractivity (Wildman–Crippen MR) is 76.3 cm³/mol. The van der Waals surface area contributed by atoms with E-state index < -0.39 is 0 Å². The van der Waals surface area contributed by atoms with E-state index in [1.54, 1.807) is 11.3 Å². The topological polar surface area (TPSA) is 33.2 Å². The summed E-state index contributed by atoms with van der Waals surface area (Å²) in [5.74, 6) is 0.218. The number of fused-ring (bicyclic) bond motifs is 1. The minimum atomic E-state index is 0.116. The van der Waals surface area contributed by atoms with E-state index in [2.05, 4.69) is 19.6 Å². The Morgan fingerprint density at radius 3 is 2.89 bits per heavy atom. The Kier molecular flexibility index (Phi) is 3.36. The molecule has 98 valence electrons. The number of hydrogen-bond donors (Lipinski definition) is 1. The summed E-state index contributed by atoms with van der Waals surface area (Å²) < 4.78 is 0. The van der Waals surface area contributed by atoms with Crippen molar-refractivity contribution in [3.8, 4) is 0 Å². The second-order valence-electron chi connectivity index (χ2n) is 5.21. The van der Waals surface area contributed by atoms with Crippen molar-refractivity contribution in [1.29, 1.82) is 0 Å². The summed E-state index contributed by atoms with van der Waals surface area (Å²) in [5.41, 5.74) is 1.28. The number of nitrogens with zero attached hydrogens (tertiary/aromatic N) is 2. The molecule has 2 heterocycles. The zero-order chi connectivity index (χ0) is 12.7. The van der Waals surface area contributed by atoms with E-state index in [-0.39, 0.29) is 17.2 Å². The van der Waals surface area contributed by atoms with Crippen LogP contribution < -0.4 is 0 Å². The molecule has 2 unspecified atom stereocenters. The van der Waals surface area contributed by atoms with Crippen LogP contribution in [0.15, 0.2) is 0 Å². The van der Waals surface area contributed by atoms with Crippen LogP contribution in [0.3, 0.4) is 0 Å². The number of likely N-dealkylation sites (tertiary alicyclic amines) is 1. The molecule has 0 N–H and O–H groups in total. The fourth-order valence-corrected chi connectivity index (χ4v) is 4.32. The number of hydrogen-bond acceptors (Lipinski definition) is 4. The van der Waals surface area contributed by atoms with Gasteiger partial charge >= 0.3 is 0 Å². The molecule has 0 spiro atoms. The van der Waals surface area contributed by atoms with E-state index in [0.29, 0.717) is 6.42 Å². The Bertz CT molecular complexity index is 448. The lowest BCUT2D eigenvalue weighted by Crippen LogP contribution is -2.28. The summed E-state index contributed by atoms with van der Waals surface area (Å²) in [6.07, 6.45) is 5.39. The average molecular weight is 282 g/mol. The SMILES string of the molecule is CC(c1nc2c(s1)CCCC2)N1CC(S)CC1=O. The van der Waals surface area contributed by atoms with Gasteiger partial charge in [-0.1, -0.05) is 0 Å². The fourth-order valence-electron chi connectivity index (χ4n) is 2.77. The Morgan fingerprint density at radius 2 is 2.22 bits per heavy atom. The number of carbonyl (C=O) groups is 1. The van der Waals surface area contributed by atoms with Crippen LogP contribution in [-0.2, 0) is 17.6 Å². The van der Waals surface area contributed by atoms with Crippen molar-refractivity contribution < 1.29 is 4.79 Å². The van der Waals surface area contributed by atoms with Gasteiger partial charge in [0.05, 0.1) is 11.7 Å². The molecule has 18 heavy (non-hydrogen) atoms. The first-order valence-corrected chi connectivity index (χ1v) is 7.94. The minimum Gasteiger partial charge on any atom is -0.332 e. The van der Waals surface area contributed by atoms with Crippen molar-refractivity contribution in [2.45, 2.75) is 50.3 Å². The van der Waals surface area contributed by atoms with Gasteiger partial charge in [-0.25, -0.2) is 4.98 Å². The molecule has 1 aromatic rings. The summed E-state index contributed by atoms with van der Waals surface area (Å²) >= 11 is 6.21. The maximum Gasteiger partial charge on any atom is 0.224 e. The van der Waals surface area contributed by atoms with Crippen molar-refractivity contribution in [1.82, 2.24) is 9.88 Å². The molecule has 1 aromatic heterocycles. The molecule has 1 aliphatic heterocycles. The number of amides is 1. The lowest BCUT2D eigenvalue weighted by Gasteiger charge is -2.22. The Balaban J connectivity index is 1.81. The number of carbonyl (C=O) groups excluding carboxylic acids is 1. The van der Waals surface area contributed by atoms with Crippen LogP contribution in [0.25, 0.3) is 0 Å². The summed E-state index contributed by atoms with van der Waals surface area (Å²) in [4.78, 5) is 20.0. The molecule has 1 fully saturated rings. The van der Waals surface area contributed by atoms with Crippen molar-refractivity contribution in [3.05, 3.63) is 15.6 Å². The summed E-state index contributed by atoms with van der Waals surface area (Å²) in [6.45, 7) is 2.85. The number of aromatic nitrogens is 1. The van der Waals surface area contributed by atoms with Crippen LogP contribution in [0.4, 0.5) is 0 Å². The molecule has 0 aromatic carbocycles. The van der Waals surface area contributed by atoms with E-state index in [4.69, 9.17) is 4.98 Å². The van der Waals surface area contributed by atoms with E-state index in [1.807, 2.05) is 4.90 Å². The number of aryl methyl sites for hydroxylation is 2. The third-order valence-electron chi connectivity index (χ3n) is 3.83. The summed E-state index contributed by atoms with van der Waals surface area (Å²) in [6, 6.07) is 0.116. The van der Waals surface area contributed by atoms with Gasteiger partial charge in [0.25, 0.3) is 0 Å². The first kappa shape index (κ1) is 12.5. The van der Waals surface area contributed by atoms with Crippen LogP contribution in [-0.4, -0.2) is 27.6 Å². The molecule has 3 rings (SSSR count). The Morgan fingerprint density at radius 1 is 1.44 bits per heavy atom. The molecule has 0 saturated carbocycles. The third-order valence-corrected chi connectivity index (χ3v) is 5.50. The first-order valence-electron chi connectivity index (χ1n) is 6.61.